The van der Waals surface area contributed by atoms with Gasteiger partial charge in [0.25, 0.3) is 5.89 Å². The van der Waals surface area contributed by atoms with Gasteiger partial charge in [-0.1, -0.05) is 17.3 Å². The molecule has 7 nitrogen and oxygen atoms in total. The summed E-state index contributed by atoms with van der Waals surface area (Å²) in [6.45, 7) is -0.0729. The molecule has 0 saturated heterocycles. The number of nitrogens with one attached hydrogen (secondary N) is 1. The molecule has 0 aliphatic rings. The van der Waals surface area contributed by atoms with E-state index in [0.717, 1.165) is 11.3 Å². The van der Waals surface area contributed by atoms with Crippen LogP contribution in [0.4, 0.5) is 5.69 Å². The average molecular weight is 339 g/mol. The van der Waals surface area contributed by atoms with Crippen LogP contribution < -0.4 is 10.1 Å². The normalized spacial score (nSPS) is 10.3. The number of methoxy groups -OCH3 is 1. The molecule has 1 aromatic heterocycles. The van der Waals surface area contributed by atoms with Crippen LogP contribution in [-0.4, -0.2) is 30.3 Å². The van der Waals surface area contributed by atoms with Gasteiger partial charge in [-0.25, -0.2) is 4.79 Å². The molecule has 1 heterocycles. The Labute approximate surface area is 144 Å². The van der Waals surface area contributed by atoms with E-state index in [2.05, 4.69) is 15.5 Å². The predicted molar refractivity (Wildman–Crippen MR) is 91.4 cm³/mol. The second kappa shape index (κ2) is 7.48. The number of ether oxygens (including phenoxy) is 2. The van der Waals surface area contributed by atoms with Gasteiger partial charge in [0.1, 0.15) is 5.75 Å². The van der Waals surface area contributed by atoms with E-state index in [1.54, 1.807) is 44.5 Å². The van der Waals surface area contributed by atoms with Crippen LogP contribution in [0.3, 0.4) is 0 Å². The Morgan fingerprint density at radius 3 is 2.64 bits per heavy atom. The van der Waals surface area contributed by atoms with Crippen LogP contribution in [0.5, 0.6) is 5.75 Å². The number of anilines is 1. The highest BCUT2D eigenvalue weighted by atomic mass is 16.5. The van der Waals surface area contributed by atoms with Gasteiger partial charge < -0.3 is 19.3 Å². The molecular formula is C18H17N3O4. The molecule has 0 aliphatic carbocycles. The molecule has 1 N–H and O–H groups in total. The van der Waals surface area contributed by atoms with E-state index in [-0.39, 0.29) is 6.61 Å². The number of hydrogen-bond acceptors (Lipinski definition) is 7. The van der Waals surface area contributed by atoms with E-state index in [0.29, 0.717) is 23.0 Å². The van der Waals surface area contributed by atoms with Crippen molar-refractivity contribution in [3.63, 3.8) is 0 Å². The maximum Gasteiger partial charge on any atom is 0.340 e. The summed E-state index contributed by atoms with van der Waals surface area (Å²) in [5, 5.41) is 6.78. The number of carbonyl (C=O) groups excluding carboxylic acids is 1. The number of hydrogen-bond donors (Lipinski definition) is 1. The van der Waals surface area contributed by atoms with Gasteiger partial charge in [0.2, 0.25) is 5.82 Å². The second-order valence-electron chi connectivity index (χ2n) is 5.12. The van der Waals surface area contributed by atoms with Gasteiger partial charge in [-0.3, -0.25) is 0 Å². The Bertz CT molecular complexity index is 859. The standard InChI is InChI=1S/C18H17N3O4/c1-19-15-6-4-3-5-14(15)18(22)24-11-16-20-17(25-21-16)12-7-9-13(23-2)10-8-12/h3-10,19H,11H2,1-2H3. The summed E-state index contributed by atoms with van der Waals surface area (Å²) < 4.78 is 15.6. The van der Waals surface area contributed by atoms with Gasteiger partial charge in [0.15, 0.2) is 6.61 Å². The lowest BCUT2D eigenvalue weighted by Gasteiger charge is -2.07. The van der Waals surface area contributed by atoms with Gasteiger partial charge in [0.05, 0.1) is 12.7 Å². The molecule has 3 rings (SSSR count). The fraction of sp³-hybridized carbons (Fsp3) is 0.167. The van der Waals surface area contributed by atoms with E-state index < -0.39 is 5.97 Å². The SMILES string of the molecule is CNc1ccccc1C(=O)OCc1noc(-c2ccc(OC)cc2)n1. The van der Waals surface area contributed by atoms with Crippen molar-refractivity contribution in [1.82, 2.24) is 10.1 Å². The number of esters is 1. The lowest BCUT2D eigenvalue weighted by molar-refractivity contribution is 0.0461. The minimum absolute atomic E-state index is 0.0729. The van der Waals surface area contributed by atoms with E-state index in [4.69, 9.17) is 14.0 Å². The Kier molecular flexibility index (Phi) is 4.94. The summed E-state index contributed by atoms with van der Waals surface area (Å²) in [6, 6.07) is 14.3. The predicted octanol–water partition coefficient (Wildman–Crippen LogP) is 3.14. The number of carbonyl (C=O) groups is 1. The topological polar surface area (TPSA) is 86.5 Å². The molecule has 2 aromatic carbocycles. The maximum absolute atomic E-state index is 12.2. The zero-order valence-corrected chi connectivity index (χ0v) is 13.9. The quantitative estimate of drug-likeness (QED) is 0.690. The number of para-hydroxylation sites is 1. The highest BCUT2D eigenvalue weighted by molar-refractivity contribution is 5.95. The molecule has 0 unspecified atom stereocenters. The van der Waals surface area contributed by atoms with Crippen molar-refractivity contribution in [3.05, 3.63) is 59.9 Å². The third kappa shape index (κ3) is 3.77. The fourth-order valence-corrected chi connectivity index (χ4v) is 2.25. The zero-order valence-electron chi connectivity index (χ0n) is 13.9. The Balaban J connectivity index is 1.66. The van der Waals surface area contributed by atoms with E-state index in [1.807, 2.05) is 18.2 Å². The van der Waals surface area contributed by atoms with E-state index in [1.165, 1.54) is 0 Å². The van der Waals surface area contributed by atoms with E-state index >= 15 is 0 Å². The van der Waals surface area contributed by atoms with Crippen LogP contribution in [-0.2, 0) is 11.3 Å². The molecule has 0 radical (unpaired) electrons. The van der Waals surface area contributed by atoms with Crippen molar-refractivity contribution in [1.29, 1.82) is 0 Å². The molecule has 0 saturated carbocycles. The Morgan fingerprint density at radius 1 is 1.16 bits per heavy atom. The highest BCUT2D eigenvalue weighted by Crippen LogP contribution is 2.21. The Morgan fingerprint density at radius 2 is 1.92 bits per heavy atom. The lowest BCUT2D eigenvalue weighted by Crippen LogP contribution is -2.08. The monoisotopic (exact) mass is 339 g/mol. The molecule has 0 aliphatic heterocycles. The summed E-state index contributed by atoms with van der Waals surface area (Å²) in [4.78, 5) is 16.4. The molecule has 0 spiro atoms. The van der Waals surface area contributed by atoms with Crippen LogP contribution >= 0.6 is 0 Å². The van der Waals surface area contributed by atoms with Crippen LogP contribution in [0, 0.1) is 0 Å². The average Bonchev–Trinajstić information content (AvgIpc) is 3.15. The first-order chi connectivity index (χ1) is 12.2. The van der Waals surface area contributed by atoms with Crippen molar-refractivity contribution >= 4 is 11.7 Å². The molecule has 0 bridgehead atoms. The first-order valence-electron chi connectivity index (χ1n) is 7.62. The minimum atomic E-state index is -0.458. The second-order valence-corrected chi connectivity index (χ2v) is 5.12. The van der Waals surface area contributed by atoms with Crippen LogP contribution in [0.1, 0.15) is 16.2 Å². The van der Waals surface area contributed by atoms with E-state index in [9.17, 15) is 4.79 Å². The highest BCUT2D eigenvalue weighted by Gasteiger charge is 2.14. The van der Waals surface area contributed by atoms with Crippen molar-refractivity contribution in [3.8, 4) is 17.2 Å². The molecule has 0 fully saturated rings. The van der Waals surface area contributed by atoms with Crippen molar-refractivity contribution in [2.45, 2.75) is 6.61 Å². The smallest absolute Gasteiger partial charge is 0.340 e. The molecule has 7 heteroatoms. The van der Waals surface area contributed by atoms with Crippen molar-refractivity contribution in [2.75, 3.05) is 19.5 Å². The third-order valence-corrected chi connectivity index (χ3v) is 3.55. The summed E-state index contributed by atoms with van der Waals surface area (Å²) in [6.07, 6.45) is 0. The number of rotatable bonds is 6. The summed E-state index contributed by atoms with van der Waals surface area (Å²) in [7, 11) is 3.34. The first-order valence-corrected chi connectivity index (χ1v) is 7.62. The fourth-order valence-electron chi connectivity index (χ4n) is 2.25. The maximum atomic E-state index is 12.2. The molecule has 3 aromatic rings. The van der Waals surface area contributed by atoms with Gasteiger partial charge in [-0.2, -0.15) is 4.98 Å². The van der Waals surface area contributed by atoms with Gasteiger partial charge in [-0.05, 0) is 36.4 Å². The summed E-state index contributed by atoms with van der Waals surface area (Å²) in [5.74, 6) is 0.923. The molecule has 128 valence electrons. The number of nitrogens with zero attached hydrogens (tertiary/aromatic N) is 2. The molecule has 25 heavy (non-hydrogen) atoms. The van der Waals surface area contributed by atoms with Crippen LogP contribution in [0.15, 0.2) is 53.1 Å². The molecular weight excluding hydrogens is 322 g/mol. The lowest BCUT2D eigenvalue weighted by atomic mass is 10.2. The van der Waals surface area contributed by atoms with Crippen molar-refractivity contribution < 1.29 is 18.8 Å². The van der Waals surface area contributed by atoms with Crippen LogP contribution in [0.2, 0.25) is 0 Å². The number of aromatic nitrogens is 2. The van der Waals surface area contributed by atoms with Gasteiger partial charge >= 0.3 is 5.97 Å². The van der Waals surface area contributed by atoms with Gasteiger partial charge in [-0.15, -0.1) is 0 Å². The zero-order chi connectivity index (χ0) is 17.6. The minimum Gasteiger partial charge on any atom is -0.497 e. The summed E-state index contributed by atoms with van der Waals surface area (Å²) >= 11 is 0. The number of benzene rings is 2. The van der Waals surface area contributed by atoms with Crippen molar-refractivity contribution in [2.24, 2.45) is 0 Å². The van der Waals surface area contributed by atoms with Crippen LogP contribution in [0.25, 0.3) is 11.5 Å². The molecule has 0 atom stereocenters. The molecule has 0 amide bonds. The Hall–Kier alpha value is -3.35. The van der Waals surface area contributed by atoms with Gasteiger partial charge in [0, 0.05) is 18.3 Å². The first kappa shape index (κ1) is 16.5. The third-order valence-electron chi connectivity index (χ3n) is 3.55. The summed E-state index contributed by atoms with van der Waals surface area (Å²) in [5.41, 5.74) is 1.90. The largest absolute Gasteiger partial charge is 0.497 e.